The summed E-state index contributed by atoms with van der Waals surface area (Å²) < 4.78 is 0. The highest BCUT2D eigenvalue weighted by Crippen LogP contribution is 2.41. The SMILES string of the molecule is CC1CCC(CNC(=O)c2ccc(N)c(C(N)=O)c2)(c2ccccc2)CC1. The number of rotatable bonds is 5. The first kappa shape index (κ1) is 19.0. The maximum Gasteiger partial charge on any atom is 0.251 e. The molecule has 27 heavy (non-hydrogen) atoms. The molecule has 142 valence electrons. The summed E-state index contributed by atoms with van der Waals surface area (Å²) in [6, 6.07) is 15.0. The summed E-state index contributed by atoms with van der Waals surface area (Å²) >= 11 is 0. The number of nitrogens with two attached hydrogens (primary N) is 2. The first-order valence-electron chi connectivity index (χ1n) is 9.44. The molecule has 0 radical (unpaired) electrons. The lowest BCUT2D eigenvalue weighted by atomic mass is 9.67. The summed E-state index contributed by atoms with van der Waals surface area (Å²) in [6.07, 6.45) is 4.40. The number of hydrogen-bond acceptors (Lipinski definition) is 3. The van der Waals surface area contributed by atoms with E-state index < -0.39 is 5.91 Å². The molecule has 0 spiro atoms. The highest BCUT2D eigenvalue weighted by atomic mass is 16.2. The Morgan fingerprint density at radius 1 is 1.11 bits per heavy atom. The average molecular weight is 365 g/mol. The first-order valence-corrected chi connectivity index (χ1v) is 9.44. The molecule has 0 bridgehead atoms. The zero-order chi connectivity index (χ0) is 19.4. The van der Waals surface area contributed by atoms with E-state index in [1.165, 1.54) is 11.6 Å². The van der Waals surface area contributed by atoms with Crippen molar-refractivity contribution in [1.82, 2.24) is 5.32 Å². The van der Waals surface area contributed by atoms with Crippen LogP contribution in [-0.4, -0.2) is 18.4 Å². The van der Waals surface area contributed by atoms with Crippen LogP contribution < -0.4 is 16.8 Å². The molecule has 0 heterocycles. The molecule has 1 fully saturated rings. The predicted molar refractivity (Wildman–Crippen MR) is 107 cm³/mol. The van der Waals surface area contributed by atoms with Gasteiger partial charge >= 0.3 is 0 Å². The number of carbonyl (C=O) groups is 2. The Kier molecular flexibility index (Phi) is 5.49. The van der Waals surface area contributed by atoms with Crippen molar-refractivity contribution in [2.75, 3.05) is 12.3 Å². The van der Waals surface area contributed by atoms with E-state index in [0.29, 0.717) is 18.0 Å². The van der Waals surface area contributed by atoms with E-state index in [1.807, 2.05) is 6.07 Å². The minimum Gasteiger partial charge on any atom is -0.398 e. The van der Waals surface area contributed by atoms with Gasteiger partial charge in [0.2, 0.25) is 0 Å². The fourth-order valence-corrected chi connectivity index (χ4v) is 3.94. The normalized spacial score (nSPS) is 22.2. The zero-order valence-electron chi connectivity index (χ0n) is 15.7. The minimum absolute atomic E-state index is 0.0518. The van der Waals surface area contributed by atoms with Gasteiger partial charge < -0.3 is 16.8 Å². The monoisotopic (exact) mass is 365 g/mol. The van der Waals surface area contributed by atoms with Crippen molar-refractivity contribution in [2.24, 2.45) is 11.7 Å². The van der Waals surface area contributed by atoms with Crippen molar-refractivity contribution in [1.29, 1.82) is 0 Å². The van der Waals surface area contributed by atoms with Gasteiger partial charge in [-0.25, -0.2) is 0 Å². The molecule has 0 aliphatic heterocycles. The molecule has 5 nitrogen and oxygen atoms in total. The third-order valence-electron chi connectivity index (χ3n) is 5.79. The van der Waals surface area contributed by atoms with Gasteiger partial charge in [0.1, 0.15) is 0 Å². The number of anilines is 1. The Bertz CT molecular complexity index is 825. The lowest BCUT2D eigenvalue weighted by Crippen LogP contribution is -2.43. The molecule has 2 amide bonds. The van der Waals surface area contributed by atoms with Crippen molar-refractivity contribution < 1.29 is 9.59 Å². The van der Waals surface area contributed by atoms with E-state index in [1.54, 1.807) is 12.1 Å². The molecular formula is C22H27N3O2. The molecule has 2 aromatic rings. The third kappa shape index (κ3) is 4.13. The highest BCUT2D eigenvalue weighted by molar-refractivity contribution is 6.02. The van der Waals surface area contributed by atoms with Crippen molar-refractivity contribution in [3.8, 4) is 0 Å². The molecule has 1 aliphatic rings. The van der Waals surface area contributed by atoms with E-state index in [9.17, 15) is 9.59 Å². The second-order valence-corrected chi connectivity index (χ2v) is 7.68. The summed E-state index contributed by atoms with van der Waals surface area (Å²) in [7, 11) is 0. The fourth-order valence-electron chi connectivity index (χ4n) is 3.94. The van der Waals surface area contributed by atoms with Gasteiger partial charge in [0, 0.05) is 23.2 Å². The van der Waals surface area contributed by atoms with E-state index in [2.05, 4.69) is 36.5 Å². The standard InChI is InChI=1S/C22H27N3O2/c1-15-9-11-22(12-10-15,17-5-3-2-4-6-17)14-25-21(27)16-7-8-19(23)18(13-16)20(24)26/h2-8,13,15H,9-12,14,23H2,1H3,(H2,24,26)(H,25,27). The molecule has 2 aromatic carbocycles. The molecular weight excluding hydrogens is 338 g/mol. The van der Waals surface area contributed by atoms with Crippen molar-refractivity contribution in [3.63, 3.8) is 0 Å². The van der Waals surface area contributed by atoms with Crippen molar-refractivity contribution >= 4 is 17.5 Å². The number of nitrogens with one attached hydrogen (secondary N) is 1. The molecule has 5 N–H and O–H groups in total. The Hall–Kier alpha value is -2.82. The van der Waals surface area contributed by atoms with Crippen LogP contribution in [0.4, 0.5) is 5.69 Å². The highest BCUT2D eigenvalue weighted by Gasteiger charge is 2.36. The van der Waals surface area contributed by atoms with Crippen molar-refractivity contribution in [2.45, 2.75) is 38.0 Å². The Morgan fingerprint density at radius 2 is 1.78 bits per heavy atom. The number of carbonyl (C=O) groups excluding carboxylic acids is 2. The first-order chi connectivity index (χ1) is 12.9. The maximum atomic E-state index is 12.7. The summed E-state index contributed by atoms with van der Waals surface area (Å²) in [5, 5.41) is 3.08. The quantitative estimate of drug-likeness (QED) is 0.709. The molecule has 0 saturated heterocycles. The van der Waals surface area contributed by atoms with Gasteiger partial charge in [0.25, 0.3) is 11.8 Å². The van der Waals surface area contributed by atoms with Gasteiger partial charge in [0.15, 0.2) is 0 Å². The predicted octanol–water partition coefficient (Wildman–Crippen LogP) is 3.25. The Labute approximate surface area is 160 Å². The largest absolute Gasteiger partial charge is 0.398 e. The summed E-state index contributed by atoms with van der Waals surface area (Å²) in [4.78, 5) is 24.2. The second kappa shape index (κ2) is 7.82. The maximum absolute atomic E-state index is 12.7. The van der Waals surface area contributed by atoms with E-state index in [4.69, 9.17) is 11.5 Å². The van der Waals surface area contributed by atoms with Crippen LogP contribution in [0.5, 0.6) is 0 Å². The van der Waals surface area contributed by atoms with Crippen LogP contribution in [0.25, 0.3) is 0 Å². The van der Waals surface area contributed by atoms with Crippen LogP contribution >= 0.6 is 0 Å². The second-order valence-electron chi connectivity index (χ2n) is 7.68. The molecule has 3 rings (SSSR count). The Balaban J connectivity index is 1.79. The smallest absolute Gasteiger partial charge is 0.251 e. The lowest BCUT2D eigenvalue weighted by Gasteiger charge is -2.40. The van der Waals surface area contributed by atoms with Crippen LogP contribution in [0.15, 0.2) is 48.5 Å². The number of benzene rings is 2. The van der Waals surface area contributed by atoms with Gasteiger partial charge in [-0.3, -0.25) is 9.59 Å². The molecule has 0 aromatic heterocycles. The molecule has 1 aliphatic carbocycles. The van der Waals surface area contributed by atoms with Gasteiger partial charge in [-0.1, -0.05) is 37.3 Å². The van der Waals surface area contributed by atoms with E-state index in [0.717, 1.165) is 25.7 Å². The van der Waals surface area contributed by atoms with Crippen LogP contribution in [0.2, 0.25) is 0 Å². The fraction of sp³-hybridized carbons (Fsp3) is 0.364. The number of hydrogen-bond donors (Lipinski definition) is 3. The van der Waals surface area contributed by atoms with Crippen LogP contribution in [0, 0.1) is 5.92 Å². The topological polar surface area (TPSA) is 98.2 Å². The van der Waals surface area contributed by atoms with Gasteiger partial charge in [-0.05, 0) is 55.4 Å². The summed E-state index contributed by atoms with van der Waals surface area (Å²) in [5.41, 5.74) is 13.2. The van der Waals surface area contributed by atoms with Crippen LogP contribution in [0.3, 0.4) is 0 Å². The number of nitrogen functional groups attached to an aromatic ring is 1. The van der Waals surface area contributed by atoms with E-state index >= 15 is 0 Å². The lowest BCUT2D eigenvalue weighted by molar-refractivity contribution is 0.0933. The molecule has 5 heteroatoms. The van der Waals surface area contributed by atoms with Gasteiger partial charge in [-0.15, -0.1) is 0 Å². The van der Waals surface area contributed by atoms with Gasteiger partial charge in [0.05, 0.1) is 5.56 Å². The zero-order valence-corrected chi connectivity index (χ0v) is 15.7. The van der Waals surface area contributed by atoms with Crippen molar-refractivity contribution in [3.05, 3.63) is 65.2 Å². The molecule has 0 unspecified atom stereocenters. The number of amides is 2. The summed E-state index contributed by atoms with van der Waals surface area (Å²) in [6.45, 7) is 2.85. The third-order valence-corrected chi connectivity index (χ3v) is 5.79. The minimum atomic E-state index is -0.635. The summed E-state index contributed by atoms with van der Waals surface area (Å²) in [5.74, 6) is -0.136. The Morgan fingerprint density at radius 3 is 2.41 bits per heavy atom. The van der Waals surface area contributed by atoms with E-state index in [-0.39, 0.29) is 22.6 Å². The van der Waals surface area contributed by atoms with Gasteiger partial charge in [-0.2, -0.15) is 0 Å². The number of primary amides is 1. The van der Waals surface area contributed by atoms with Crippen LogP contribution in [0.1, 0.15) is 58.9 Å². The molecule has 1 saturated carbocycles. The van der Waals surface area contributed by atoms with Crippen LogP contribution in [-0.2, 0) is 5.41 Å². The average Bonchev–Trinajstić information content (AvgIpc) is 2.68. The molecule has 0 atom stereocenters.